The van der Waals surface area contributed by atoms with Crippen LogP contribution in [0.1, 0.15) is 0 Å². The average Bonchev–Trinajstić information content (AvgIpc) is 1.37. The molecule has 0 unspecified atom stereocenters. The molecule has 0 heterocycles. The van der Waals surface area contributed by atoms with Crippen molar-refractivity contribution in [2.45, 2.75) is 0 Å². The molecule has 0 bridgehead atoms. The predicted octanol–water partition coefficient (Wildman–Crippen LogP) is -1.14. The summed E-state index contributed by atoms with van der Waals surface area (Å²) >= 11 is 0. The lowest BCUT2D eigenvalue weighted by atomic mass is 10.7. The Morgan fingerprint density at radius 3 is 2.25 bits per heavy atom. The van der Waals surface area contributed by atoms with E-state index in [9.17, 15) is 0 Å². The van der Waals surface area contributed by atoms with Crippen molar-refractivity contribution < 1.29 is 5.73 Å². The van der Waals surface area contributed by atoms with E-state index in [1.165, 1.54) is 0 Å². The molecule has 0 saturated heterocycles. The van der Waals surface area contributed by atoms with Gasteiger partial charge in [0.1, 0.15) is 6.54 Å². The van der Waals surface area contributed by atoms with Gasteiger partial charge in [-0.25, -0.2) is 0 Å². The van der Waals surface area contributed by atoms with Crippen LogP contribution in [-0.4, -0.2) is 6.54 Å². The van der Waals surface area contributed by atoms with Gasteiger partial charge in [0, 0.05) is 0 Å². The zero-order valence-electron chi connectivity index (χ0n) is 2.49. The molecule has 22 valence electrons. The summed E-state index contributed by atoms with van der Waals surface area (Å²) in [5.41, 5.74) is 3.37. The van der Waals surface area contributed by atoms with Crippen molar-refractivity contribution in [3.05, 3.63) is 0 Å². The molecule has 0 amide bonds. The van der Waals surface area contributed by atoms with Gasteiger partial charge in [-0.3, -0.25) is 0 Å². The van der Waals surface area contributed by atoms with Crippen LogP contribution in [0.2, 0.25) is 0 Å². The lowest BCUT2D eigenvalue weighted by Crippen LogP contribution is -2.49. The van der Waals surface area contributed by atoms with Gasteiger partial charge in [0.25, 0.3) is 0 Å². The maximum Gasteiger partial charge on any atom is 0.136 e. The Bertz CT molecular complexity index is 33.0. The van der Waals surface area contributed by atoms with Crippen LogP contribution in [0.3, 0.4) is 0 Å². The van der Waals surface area contributed by atoms with E-state index in [1.54, 1.807) is 0 Å². The van der Waals surface area contributed by atoms with Gasteiger partial charge in [0.15, 0.2) is 0 Å². The largest absolute Gasteiger partial charge is 0.347 e. The van der Waals surface area contributed by atoms with Crippen LogP contribution in [0.5, 0.6) is 0 Å². The monoisotopic (exact) mass is 56.0 g/mol. The van der Waals surface area contributed by atoms with Gasteiger partial charge in [-0.05, 0) is 5.92 Å². The molecule has 0 aromatic rings. The molecule has 3 N–H and O–H groups in total. The number of terminal acetylenes is 1. The number of rotatable bonds is 0. The van der Waals surface area contributed by atoms with Crippen LogP contribution in [-0.2, 0) is 0 Å². The highest BCUT2D eigenvalue weighted by atomic mass is 14.5. The van der Waals surface area contributed by atoms with Crippen molar-refractivity contribution in [3.63, 3.8) is 0 Å². The van der Waals surface area contributed by atoms with Crippen molar-refractivity contribution in [3.8, 4) is 12.3 Å². The first-order chi connectivity index (χ1) is 1.91. The second-order valence-electron chi connectivity index (χ2n) is 0.454. The molecular formula is C3H6N+. The summed E-state index contributed by atoms with van der Waals surface area (Å²) in [7, 11) is 0. The minimum Gasteiger partial charge on any atom is -0.347 e. The fourth-order valence-corrected chi connectivity index (χ4v) is 0. The summed E-state index contributed by atoms with van der Waals surface area (Å²) in [6.45, 7) is 0.597. The summed E-state index contributed by atoms with van der Waals surface area (Å²) < 4.78 is 0. The molecule has 0 fully saturated rings. The van der Waals surface area contributed by atoms with E-state index in [1.807, 2.05) is 0 Å². The standard InChI is InChI=1S/C3H5N/c1-2-3-4/h1H,3-4H2/p+1. The van der Waals surface area contributed by atoms with Gasteiger partial charge in [-0.15, -0.1) is 6.42 Å². The van der Waals surface area contributed by atoms with E-state index >= 15 is 0 Å². The SMILES string of the molecule is C#CC[NH3+]. The van der Waals surface area contributed by atoms with Gasteiger partial charge in [-0.1, -0.05) is 0 Å². The normalized spacial score (nSPS) is 5.00. The van der Waals surface area contributed by atoms with E-state index < -0.39 is 0 Å². The number of hydrogen-bond acceptors (Lipinski definition) is 0. The molecule has 0 saturated carbocycles. The van der Waals surface area contributed by atoms with E-state index in [0.717, 1.165) is 0 Å². The molecule has 0 atom stereocenters. The molecular weight excluding hydrogens is 50.0 g/mol. The second kappa shape index (κ2) is 2.52. The van der Waals surface area contributed by atoms with E-state index in [2.05, 4.69) is 11.7 Å². The minimum absolute atomic E-state index is 0.597. The van der Waals surface area contributed by atoms with Crippen LogP contribution in [0.15, 0.2) is 0 Å². The fourth-order valence-electron chi connectivity index (χ4n) is 0. The summed E-state index contributed by atoms with van der Waals surface area (Å²) in [6, 6.07) is 0. The summed E-state index contributed by atoms with van der Waals surface area (Å²) in [5, 5.41) is 0. The molecule has 0 aliphatic heterocycles. The van der Waals surface area contributed by atoms with Gasteiger partial charge < -0.3 is 5.73 Å². The zero-order valence-corrected chi connectivity index (χ0v) is 2.49. The Kier molecular flexibility index (Phi) is 2.22. The molecule has 0 spiro atoms. The zero-order chi connectivity index (χ0) is 3.41. The molecule has 0 aromatic heterocycles. The Balaban J connectivity index is 2.43. The van der Waals surface area contributed by atoms with Crippen molar-refractivity contribution in [1.82, 2.24) is 0 Å². The molecule has 0 aliphatic carbocycles. The average molecular weight is 56.1 g/mol. The van der Waals surface area contributed by atoms with E-state index in [4.69, 9.17) is 6.42 Å². The Morgan fingerprint density at radius 1 is 2.00 bits per heavy atom. The lowest BCUT2D eigenvalue weighted by molar-refractivity contribution is -0.349. The van der Waals surface area contributed by atoms with Crippen molar-refractivity contribution in [2.75, 3.05) is 6.54 Å². The maximum atomic E-state index is 4.72. The third-order valence-corrected chi connectivity index (χ3v) is 0.144. The number of quaternary nitrogens is 1. The molecule has 1 heteroatoms. The predicted molar refractivity (Wildman–Crippen MR) is 16.6 cm³/mol. The minimum atomic E-state index is 0.597. The summed E-state index contributed by atoms with van der Waals surface area (Å²) in [5.74, 6) is 2.32. The van der Waals surface area contributed by atoms with Gasteiger partial charge in [0.05, 0.1) is 0 Å². The van der Waals surface area contributed by atoms with Crippen LogP contribution in [0, 0.1) is 12.3 Å². The second-order valence-corrected chi connectivity index (χ2v) is 0.454. The van der Waals surface area contributed by atoms with Gasteiger partial charge in [0.2, 0.25) is 0 Å². The highest BCUT2D eigenvalue weighted by Crippen LogP contribution is 1.20. The van der Waals surface area contributed by atoms with E-state index in [0.29, 0.717) is 6.54 Å². The molecule has 0 radical (unpaired) electrons. The van der Waals surface area contributed by atoms with Crippen LogP contribution in [0.25, 0.3) is 0 Å². The third-order valence-electron chi connectivity index (χ3n) is 0.144. The first-order valence-electron chi connectivity index (χ1n) is 1.14. The summed E-state index contributed by atoms with van der Waals surface area (Å²) in [4.78, 5) is 0. The van der Waals surface area contributed by atoms with Crippen LogP contribution >= 0.6 is 0 Å². The Morgan fingerprint density at radius 2 is 2.25 bits per heavy atom. The Hall–Kier alpha value is -0.480. The molecule has 0 aliphatic rings. The first-order valence-corrected chi connectivity index (χ1v) is 1.14. The number of hydrogen-bond donors (Lipinski definition) is 1. The molecule has 0 rings (SSSR count). The fraction of sp³-hybridized carbons (Fsp3) is 0.333. The smallest absolute Gasteiger partial charge is 0.136 e. The van der Waals surface area contributed by atoms with Crippen LogP contribution in [0.4, 0.5) is 0 Å². The lowest BCUT2D eigenvalue weighted by Gasteiger charge is -1.52. The quantitative estimate of drug-likeness (QED) is 0.340. The highest BCUT2D eigenvalue weighted by Gasteiger charge is 1.46. The van der Waals surface area contributed by atoms with Crippen molar-refractivity contribution in [2.24, 2.45) is 0 Å². The third kappa shape index (κ3) is 1.52. The van der Waals surface area contributed by atoms with E-state index in [-0.39, 0.29) is 0 Å². The molecule has 4 heavy (non-hydrogen) atoms. The highest BCUT2D eigenvalue weighted by molar-refractivity contribution is 4.80. The Labute approximate surface area is 25.8 Å². The van der Waals surface area contributed by atoms with Gasteiger partial charge >= 0.3 is 0 Å². The summed E-state index contributed by atoms with van der Waals surface area (Å²) in [6.07, 6.45) is 4.72. The maximum absolute atomic E-state index is 4.72. The van der Waals surface area contributed by atoms with Gasteiger partial charge in [-0.2, -0.15) is 0 Å². The molecule has 1 nitrogen and oxygen atoms in total. The van der Waals surface area contributed by atoms with Crippen LogP contribution < -0.4 is 5.73 Å². The first kappa shape index (κ1) is 3.52. The topological polar surface area (TPSA) is 27.6 Å². The molecule has 0 aromatic carbocycles. The van der Waals surface area contributed by atoms with Crippen molar-refractivity contribution in [1.29, 1.82) is 0 Å². The van der Waals surface area contributed by atoms with Crippen molar-refractivity contribution >= 4 is 0 Å².